The minimum atomic E-state index is -3.09. The molecule has 2 N–H and O–H groups in total. The number of carbonyl (C=O) groups excluding carboxylic acids is 1. The van der Waals surface area contributed by atoms with Gasteiger partial charge in [-0.2, -0.15) is 8.78 Å². The predicted molar refractivity (Wildman–Crippen MR) is 79.1 cm³/mol. The Labute approximate surface area is 132 Å². The number of nitrogens with one attached hydrogen (secondary N) is 2. The van der Waals surface area contributed by atoms with Crippen molar-refractivity contribution in [3.8, 4) is 5.75 Å². The van der Waals surface area contributed by atoms with Crippen LogP contribution in [0.2, 0.25) is 0 Å². The van der Waals surface area contributed by atoms with E-state index in [9.17, 15) is 18.0 Å². The normalized spacial score (nSPS) is 21.1. The van der Waals surface area contributed by atoms with E-state index in [2.05, 4.69) is 15.4 Å². The van der Waals surface area contributed by atoms with Crippen molar-refractivity contribution in [3.05, 3.63) is 24.0 Å². The number of piperidine rings is 1. The van der Waals surface area contributed by atoms with Crippen molar-refractivity contribution in [1.82, 2.24) is 5.32 Å². The summed E-state index contributed by atoms with van der Waals surface area (Å²) in [7, 11) is 0. The van der Waals surface area contributed by atoms with E-state index in [4.69, 9.17) is 0 Å². The maximum Gasteiger partial charge on any atom is 0.387 e. The molecule has 0 aliphatic carbocycles. The van der Waals surface area contributed by atoms with Crippen LogP contribution in [0.25, 0.3) is 0 Å². The molecule has 1 heterocycles. The molecule has 0 bridgehead atoms. The number of hydrogen-bond acceptors (Lipinski definition) is 3. The molecule has 1 aromatic carbocycles. The summed E-state index contributed by atoms with van der Waals surface area (Å²) in [5, 5.41) is 5.84. The van der Waals surface area contributed by atoms with Gasteiger partial charge in [0.05, 0.1) is 0 Å². The Morgan fingerprint density at radius 1 is 1.45 bits per heavy atom. The molecule has 2 rings (SSSR count). The fourth-order valence-electron chi connectivity index (χ4n) is 2.38. The van der Waals surface area contributed by atoms with Crippen LogP contribution in [0.15, 0.2) is 18.2 Å². The quantitative estimate of drug-likeness (QED) is 0.886. The van der Waals surface area contributed by atoms with E-state index in [0.29, 0.717) is 12.8 Å². The van der Waals surface area contributed by atoms with Crippen molar-refractivity contribution >= 4 is 24.0 Å². The highest BCUT2D eigenvalue weighted by molar-refractivity contribution is 5.92. The second-order valence-electron chi connectivity index (χ2n) is 5.09. The van der Waals surface area contributed by atoms with Gasteiger partial charge in [0, 0.05) is 23.7 Å². The molecule has 1 amide bonds. The standard InChI is InChI=1S/C14H17F3N2O2.ClH/c1-8-6-9(4-5-18-8)13(20)19-10-2-3-12(11(15)7-10)21-14(16)17;/h2-3,7-9,14,18H,4-6H2,1H3,(H,19,20);1H/t8-,9-;/m0./s1. The second kappa shape index (κ2) is 8.24. The topological polar surface area (TPSA) is 50.4 Å². The minimum Gasteiger partial charge on any atom is -0.432 e. The van der Waals surface area contributed by atoms with Crippen LogP contribution in [-0.2, 0) is 4.79 Å². The largest absolute Gasteiger partial charge is 0.432 e. The summed E-state index contributed by atoms with van der Waals surface area (Å²) in [6.45, 7) is -0.333. The summed E-state index contributed by atoms with van der Waals surface area (Å²) in [6, 6.07) is 3.64. The van der Waals surface area contributed by atoms with Gasteiger partial charge >= 0.3 is 6.61 Å². The molecule has 8 heteroatoms. The summed E-state index contributed by atoms with van der Waals surface area (Å²) in [5.74, 6) is -1.81. The van der Waals surface area contributed by atoms with Gasteiger partial charge in [-0.05, 0) is 38.4 Å². The first-order valence-corrected chi connectivity index (χ1v) is 6.74. The van der Waals surface area contributed by atoms with E-state index in [-0.39, 0.29) is 36.0 Å². The molecule has 0 radical (unpaired) electrons. The predicted octanol–water partition coefficient (Wildman–Crippen LogP) is 3.18. The van der Waals surface area contributed by atoms with Gasteiger partial charge in [0.15, 0.2) is 11.6 Å². The van der Waals surface area contributed by atoms with Crippen LogP contribution in [0.5, 0.6) is 5.75 Å². The van der Waals surface area contributed by atoms with Crippen molar-refractivity contribution in [3.63, 3.8) is 0 Å². The zero-order valence-corrected chi connectivity index (χ0v) is 12.8. The van der Waals surface area contributed by atoms with Gasteiger partial charge in [-0.3, -0.25) is 4.79 Å². The number of ether oxygens (including phenoxy) is 1. The Bertz CT molecular complexity index is 517. The smallest absolute Gasteiger partial charge is 0.387 e. The zero-order valence-electron chi connectivity index (χ0n) is 11.9. The van der Waals surface area contributed by atoms with E-state index in [1.54, 1.807) is 0 Å². The lowest BCUT2D eigenvalue weighted by Crippen LogP contribution is -2.40. The number of alkyl halides is 2. The number of amides is 1. The van der Waals surface area contributed by atoms with Crippen molar-refractivity contribution in [2.45, 2.75) is 32.4 Å². The summed E-state index contributed by atoms with van der Waals surface area (Å²) >= 11 is 0. The molecule has 1 aliphatic rings. The van der Waals surface area contributed by atoms with Gasteiger partial charge in [-0.15, -0.1) is 12.4 Å². The third-order valence-corrected chi connectivity index (χ3v) is 3.41. The second-order valence-corrected chi connectivity index (χ2v) is 5.09. The molecule has 0 spiro atoms. The number of halogens is 4. The molecule has 2 atom stereocenters. The molecule has 0 aromatic heterocycles. The summed E-state index contributed by atoms with van der Waals surface area (Å²) in [5.41, 5.74) is 0.227. The fourth-order valence-corrected chi connectivity index (χ4v) is 2.38. The molecule has 0 saturated carbocycles. The molecular formula is C14H18ClF3N2O2. The van der Waals surface area contributed by atoms with Crippen LogP contribution in [0.4, 0.5) is 18.9 Å². The minimum absolute atomic E-state index is 0. The third-order valence-electron chi connectivity index (χ3n) is 3.41. The fraction of sp³-hybridized carbons (Fsp3) is 0.500. The summed E-state index contributed by atoms with van der Waals surface area (Å²) < 4.78 is 41.6. The van der Waals surface area contributed by atoms with Crippen LogP contribution in [-0.4, -0.2) is 25.1 Å². The van der Waals surface area contributed by atoms with Crippen LogP contribution in [0, 0.1) is 11.7 Å². The Kier molecular flexibility index (Phi) is 6.96. The highest BCUT2D eigenvalue weighted by Gasteiger charge is 2.24. The lowest BCUT2D eigenvalue weighted by Gasteiger charge is -2.27. The SMILES string of the molecule is C[C@H]1C[C@@H](C(=O)Nc2ccc(OC(F)F)c(F)c2)CCN1.Cl. The lowest BCUT2D eigenvalue weighted by molar-refractivity contribution is -0.120. The average molecular weight is 339 g/mol. The number of carbonyl (C=O) groups is 1. The van der Waals surface area contributed by atoms with Crippen molar-refractivity contribution in [2.24, 2.45) is 5.92 Å². The Balaban J connectivity index is 0.00000242. The monoisotopic (exact) mass is 338 g/mol. The first-order valence-electron chi connectivity index (χ1n) is 6.74. The van der Waals surface area contributed by atoms with Gasteiger partial charge in [0.25, 0.3) is 0 Å². The molecular weight excluding hydrogens is 321 g/mol. The van der Waals surface area contributed by atoms with E-state index in [1.165, 1.54) is 6.07 Å². The summed E-state index contributed by atoms with van der Waals surface area (Å²) in [4.78, 5) is 12.1. The van der Waals surface area contributed by atoms with Gasteiger partial charge < -0.3 is 15.4 Å². The van der Waals surface area contributed by atoms with Crippen LogP contribution in [0.1, 0.15) is 19.8 Å². The number of rotatable bonds is 4. The van der Waals surface area contributed by atoms with E-state index >= 15 is 0 Å². The first kappa shape index (κ1) is 18.6. The van der Waals surface area contributed by atoms with Crippen LogP contribution < -0.4 is 15.4 Å². The molecule has 1 fully saturated rings. The van der Waals surface area contributed by atoms with Gasteiger partial charge in [-0.1, -0.05) is 0 Å². The molecule has 0 unspecified atom stereocenters. The maximum atomic E-state index is 13.5. The van der Waals surface area contributed by atoms with Crippen molar-refractivity contribution < 1.29 is 22.7 Å². The third kappa shape index (κ3) is 5.06. The molecule has 22 heavy (non-hydrogen) atoms. The first-order chi connectivity index (χ1) is 9.95. The highest BCUT2D eigenvalue weighted by atomic mass is 35.5. The Morgan fingerprint density at radius 3 is 2.77 bits per heavy atom. The van der Waals surface area contributed by atoms with E-state index < -0.39 is 18.2 Å². The van der Waals surface area contributed by atoms with E-state index in [0.717, 1.165) is 18.7 Å². The van der Waals surface area contributed by atoms with Crippen molar-refractivity contribution in [1.29, 1.82) is 0 Å². The number of anilines is 1. The van der Waals surface area contributed by atoms with Gasteiger partial charge in [0.1, 0.15) is 0 Å². The van der Waals surface area contributed by atoms with Crippen molar-refractivity contribution in [2.75, 3.05) is 11.9 Å². The summed E-state index contributed by atoms with van der Waals surface area (Å²) in [6.07, 6.45) is 1.42. The van der Waals surface area contributed by atoms with Crippen LogP contribution >= 0.6 is 12.4 Å². The van der Waals surface area contributed by atoms with E-state index in [1.807, 2.05) is 6.92 Å². The van der Waals surface area contributed by atoms with Gasteiger partial charge in [0.2, 0.25) is 5.91 Å². The zero-order chi connectivity index (χ0) is 15.4. The number of benzene rings is 1. The molecule has 1 aliphatic heterocycles. The Hall–Kier alpha value is -1.47. The van der Waals surface area contributed by atoms with Gasteiger partial charge in [-0.25, -0.2) is 4.39 Å². The average Bonchev–Trinajstić information content (AvgIpc) is 2.41. The lowest BCUT2D eigenvalue weighted by atomic mass is 9.92. The Morgan fingerprint density at radius 2 is 2.18 bits per heavy atom. The highest BCUT2D eigenvalue weighted by Crippen LogP contribution is 2.24. The maximum absolute atomic E-state index is 13.5. The molecule has 1 aromatic rings. The molecule has 1 saturated heterocycles. The molecule has 4 nitrogen and oxygen atoms in total. The number of hydrogen-bond donors (Lipinski definition) is 2. The van der Waals surface area contributed by atoms with Crippen LogP contribution in [0.3, 0.4) is 0 Å². The molecule has 124 valence electrons.